The van der Waals surface area contributed by atoms with Crippen molar-refractivity contribution in [3.63, 3.8) is 0 Å². The molecule has 0 N–H and O–H groups in total. The van der Waals surface area contributed by atoms with Crippen molar-refractivity contribution >= 4 is 6.08 Å². The van der Waals surface area contributed by atoms with Gasteiger partial charge < -0.3 is 9.47 Å². The molecule has 1 unspecified atom stereocenters. The molecule has 164 valence electrons. The van der Waals surface area contributed by atoms with Crippen molar-refractivity contribution < 1.29 is 9.47 Å². The number of rotatable bonds is 18. The molecule has 0 amide bonds. The first kappa shape index (κ1) is 24.0. The summed E-state index contributed by atoms with van der Waals surface area (Å²) in [5.41, 5.74) is 1.20. The van der Waals surface area contributed by atoms with Gasteiger partial charge in [-0.2, -0.15) is 0 Å². The van der Waals surface area contributed by atoms with Crippen molar-refractivity contribution in [3.8, 4) is 5.75 Å². The first-order valence-corrected chi connectivity index (χ1v) is 12.3. The number of benzene rings is 1. The molecule has 0 spiro atoms. The van der Waals surface area contributed by atoms with E-state index in [0.29, 0.717) is 6.61 Å². The van der Waals surface area contributed by atoms with Gasteiger partial charge in [0.25, 0.3) is 0 Å². The van der Waals surface area contributed by atoms with Gasteiger partial charge in [0, 0.05) is 0 Å². The highest BCUT2D eigenvalue weighted by Crippen LogP contribution is 2.27. The lowest BCUT2D eigenvalue weighted by molar-refractivity contribution is 0.202. The molecule has 0 saturated carbocycles. The van der Waals surface area contributed by atoms with Gasteiger partial charge in [-0.1, -0.05) is 108 Å². The Hall–Kier alpha value is -1.28. The first-order valence-electron chi connectivity index (χ1n) is 12.3. The second-order valence-corrected chi connectivity index (χ2v) is 9.03. The van der Waals surface area contributed by atoms with Crippen LogP contribution in [0.2, 0.25) is 0 Å². The molecule has 1 fully saturated rings. The fourth-order valence-electron chi connectivity index (χ4n) is 3.62. The van der Waals surface area contributed by atoms with Gasteiger partial charge in [-0.25, -0.2) is 0 Å². The number of hydrogen-bond donors (Lipinski definition) is 0. The van der Waals surface area contributed by atoms with Gasteiger partial charge in [-0.15, -0.1) is 0 Å². The van der Waals surface area contributed by atoms with Crippen LogP contribution in [0.5, 0.6) is 5.75 Å². The van der Waals surface area contributed by atoms with Crippen molar-refractivity contribution in [2.24, 2.45) is 0 Å². The maximum absolute atomic E-state index is 5.77. The highest BCUT2D eigenvalue weighted by atomic mass is 16.6. The Morgan fingerprint density at radius 3 is 1.86 bits per heavy atom. The maximum atomic E-state index is 5.77. The van der Waals surface area contributed by atoms with Crippen LogP contribution in [0.1, 0.15) is 109 Å². The first-order chi connectivity index (χ1) is 14.2. The molecule has 0 aromatic heterocycles. The summed E-state index contributed by atoms with van der Waals surface area (Å²) in [4.78, 5) is 0. The van der Waals surface area contributed by atoms with E-state index in [1.807, 2.05) is 0 Å². The number of allylic oxidation sites excluding steroid dienone is 1. The summed E-state index contributed by atoms with van der Waals surface area (Å²) >= 11 is 0. The van der Waals surface area contributed by atoms with Crippen LogP contribution in [0.3, 0.4) is 0 Å². The molecule has 0 bridgehead atoms. The summed E-state index contributed by atoms with van der Waals surface area (Å²) < 4.78 is 11.1. The van der Waals surface area contributed by atoms with Gasteiger partial charge in [0.15, 0.2) is 0 Å². The second-order valence-electron chi connectivity index (χ2n) is 9.03. The summed E-state index contributed by atoms with van der Waals surface area (Å²) in [6, 6.07) is 8.37. The van der Waals surface area contributed by atoms with E-state index in [2.05, 4.69) is 50.3 Å². The van der Waals surface area contributed by atoms with Gasteiger partial charge in [0.1, 0.15) is 18.0 Å². The van der Waals surface area contributed by atoms with Gasteiger partial charge >= 0.3 is 0 Å². The molecule has 0 aliphatic carbocycles. The van der Waals surface area contributed by atoms with E-state index in [1.54, 1.807) is 0 Å². The van der Waals surface area contributed by atoms with Crippen molar-refractivity contribution in [3.05, 3.63) is 35.9 Å². The molecule has 1 aromatic carbocycles. The lowest BCUT2D eigenvalue weighted by Crippen LogP contribution is -2.16. The lowest BCUT2D eigenvalue weighted by Gasteiger charge is -2.08. The Kier molecular flexibility index (Phi) is 12.1. The summed E-state index contributed by atoms with van der Waals surface area (Å²) in [7, 11) is 0. The third-order valence-electron chi connectivity index (χ3n) is 5.85. The molecule has 29 heavy (non-hydrogen) atoms. The Morgan fingerprint density at radius 1 is 0.828 bits per heavy atom. The summed E-state index contributed by atoms with van der Waals surface area (Å²) in [5.74, 6) is 0.926. The van der Waals surface area contributed by atoms with E-state index in [4.69, 9.17) is 9.47 Å². The predicted octanol–water partition coefficient (Wildman–Crippen LogP) is 8.35. The predicted molar refractivity (Wildman–Crippen MR) is 126 cm³/mol. The standard InChI is InChI=1S/C27H44O2/c1-3-4-5-6-7-8-9-10-11-12-13-14-15-16-17-18-25-19-21-26(22-20-25)28-23-27(2)24-29-27/h17-22H,3-16,23-24H2,1-2H3/b18-17+. The quantitative estimate of drug-likeness (QED) is 0.182. The monoisotopic (exact) mass is 400 g/mol. The van der Waals surface area contributed by atoms with E-state index in [0.717, 1.165) is 12.4 Å². The van der Waals surface area contributed by atoms with Crippen LogP contribution in [0.25, 0.3) is 6.08 Å². The topological polar surface area (TPSA) is 21.8 Å². The molecule has 0 radical (unpaired) electrons. The number of hydrogen-bond acceptors (Lipinski definition) is 2. The minimum Gasteiger partial charge on any atom is -0.491 e. The van der Waals surface area contributed by atoms with E-state index in [-0.39, 0.29) is 5.60 Å². The Labute approximate surface area is 180 Å². The van der Waals surface area contributed by atoms with E-state index in [1.165, 1.54) is 95.5 Å². The summed E-state index contributed by atoms with van der Waals surface area (Å²) in [6.07, 6.45) is 24.2. The summed E-state index contributed by atoms with van der Waals surface area (Å²) in [6.45, 7) is 5.83. The zero-order valence-corrected chi connectivity index (χ0v) is 19.1. The van der Waals surface area contributed by atoms with Gasteiger partial charge in [-0.05, 0) is 37.5 Å². The van der Waals surface area contributed by atoms with Crippen LogP contribution >= 0.6 is 0 Å². The molecule has 1 saturated heterocycles. The highest BCUT2D eigenvalue weighted by Gasteiger charge is 2.40. The molecule has 1 aliphatic rings. The van der Waals surface area contributed by atoms with Crippen LogP contribution in [0.4, 0.5) is 0 Å². The van der Waals surface area contributed by atoms with Crippen molar-refractivity contribution in [1.29, 1.82) is 0 Å². The van der Waals surface area contributed by atoms with Crippen LogP contribution in [-0.2, 0) is 4.74 Å². The van der Waals surface area contributed by atoms with E-state index >= 15 is 0 Å². The Bertz CT molecular complexity index is 542. The SMILES string of the molecule is CCCCCCCCCCCCCCC/C=C/c1ccc(OCC2(C)CO2)cc1. The van der Waals surface area contributed by atoms with E-state index < -0.39 is 0 Å². The molecule has 2 heteroatoms. The normalized spacial score (nSPS) is 18.4. The summed E-state index contributed by atoms with van der Waals surface area (Å²) in [5, 5.41) is 0. The minimum atomic E-state index is -0.0491. The molecular formula is C27H44O2. The average molecular weight is 401 g/mol. The average Bonchev–Trinajstić information content (AvgIpc) is 3.48. The van der Waals surface area contributed by atoms with Gasteiger partial charge in [0.05, 0.1) is 6.61 Å². The molecule has 2 nitrogen and oxygen atoms in total. The van der Waals surface area contributed by atoms with Crippen LogP contribution in [-0.4, -0.2) is 18.8 Å². The highest BCUT2D eigenvalue weighted by molar-refractivity contribution is 5.50. The van der Waals surface area contributed by atoms with Crippen LogP contribution in [0, 0.1) is 0 Å². The number of unbranched alkanes of at least 4 members (excludes halogenated alkanes) is 13. The zero-order valence-electron chi connectivity index (χ0n) is 19.1. The Morgan fingerprint density at radius 2 is 1.34 bits per heavy atom. The van der Waals surface area contributed by atoms with Gasteiger partial charge in [0.2, 0.25) is 0 Å². The van der Waals surface area contributed by atoms with Crippen LogP contribution < -0.4 is 4.74 Å². The minimum absolute atomic E-state index is 0.0491. The molecule has 1 aromatic rings. The fourth-order valence-corrected chi connectivity index (χ4v) is 3.62. The third kappa shape index (κ3) is 12.1. The second kappa shape index (κ2) is 14.7. The van der Waals surface area contributed by atoms with Crippen molar-refractivity contribution in [2.45, 2.75) is 109 Å². The molecule has 2 rings (SSSR count). The largest absolute Gasteiger partial charge is 0.491 e. The lowest BCUT2D eigenvalue weighted by atomic mass is 10.0. The van der Waals surface area contributed by atoms with Crippen molar-refractivity contribution in [1.82, 2.24) is 0 Å². The zero-order chi connectivity index (χ0) is 20.6. The maximum Gasteiger partial charge on any atom is 0.123 e. The number of ether oxygens (including phenoxy) is 2. The van der Waals surface area contributed by atoms with Crippen molar-refractivity contribution in [2.75, 3.05) is 13.2 Å². The third-order valence-corrected chi connectivity index (χ3v) is 5.85. The fraction of sp³-hybridized carbons (Fsp3) is 0.704. The van der Waals surface area contributed by atoms with Crippen LogP contribution in [0.15, 0.2) is 30.3 Å². The molecular weight excluding hydrogens is 356 g/mol. The molecule has 1 aliphatic heterocycles. The van der Waals surface area contributed by atoms with Gasteiger partial charge in [-0.3, -0.25) is 0 Å². The number of epoxide rings is 1. The van der Waals surface area contributed by atoms with E-state index in [9.17, 15) is 0 Å². The molecule has 1 heterocycles. The molecule has 1 atom stereocenters. The Balaban J connectivity index is 1.38. The smallest absolute Gasteiger partial charge is 0.123 e.